The molecular formula is C22H18INO5. The lowest BCUT2D eigenvalue weighted by atomic mass is 10.0. The fourth-order valence-corrected chi connectivity index (χ4v) is 3.08. The van der Waals surface area contributed by atoms with Crippen molar-refractivity contribution >= 4 is 34.1 Å². The molecule has 2 aromatic carbocycles. The average molecular weight is 503 g/mol. The number of hydrogen-bond acceptors (Lipinski definition) is 5. The number of benzene rings is 2. The van der Waals surface area contributed by atoms with E-state index in [2.05, 4.69) is 27.6 Å². The lowest BCUT2D eigenvalue weighted by molar-refractivity contribution is -0.130. The van der Waals surface area contributed by atoms with Crippen molar-refractivity contribution in [2.24, 2.45) is 0 Å². The van der Waals surface area contributed by atoms with Gasteiger partial charge in [0.05, 0.1) is 16.9 Å². The van der Waals surface area contributed by atoms with Crippen molar-refractivity contribution in [3.8, 4) is 23.1 Å². The molecule has 1 N–H and O–H groups in total. The van der Waals surface area contributed by atoms with Gasteiger partial charge in [-0.05, 0) is 59.3 Å². The van der Waals surface area contributed by atoms with Crippen LogP contribution in [-0.4, -0.2) is 23.2 Å². The lowest BCUT2D eigenvalue weighted by Gasteiger charge is -2.15. The lowest BCUT2D eigenvalue weighted by Crippen LogP contribution is -2.03. The molecule has 0 aliphatic carbocycles. The van der Waals surface area contributed by atoms with Crippen LogP contribution in [0, 0.1) is 10.5 Å². The Morgan fingerprint density at radius 2 is 1.79 bits per heavy atom. The van der Waals surface area contributed by atoms with Crippen LogP contribution in [0.15, 0.2) is 67.1 Å². The largest absolute Gasteiger partial charge is 0.503 e. The van der Waals surface area contributed by atoms with E-state index < -0.39 is 5.97 Å². The van der Waals surface area contributed by atoms with Crippen molar-refractivity contribution in [2.45, 2.75) is 6.92 Å². The fraction of sp³-hybridized carbons (Fsp3) is 0.0909. The molecule has 0 fully saturated rings. The van der Waals surface area contributed by atoms with Crippen molar-refractivity contribution in [1.29, 1.82) is 0 Å². The van der Waals surface area contributed by atoms with Gasteiger partial charge in [-0.2, -0.15) is 0 Å². The molecule has 3 rings (SSSR count). The molecule has 0 atom stereocenters. The van der Waals surface area contributed by atoms with Gasteiger partial charge in [0.15, 0.2) is 0 Å². The van der Waals surface area contributed by atoms with Crippen LogP contribution >= 0.6 is 22.6 Å². The van der Waals surface area contributed by atoms with E-state index in [0.29, 0.717) is 28.7 Å². The third-order valence-electron chi connectivity index (χ3n) is 3.93. The molecule has 0 aliphatic rings. The molecule has 1 heterocycles. The Labute approximate surface area is 181 Å². The van der Waals surface area contributed by atoms with Crippen molar-refractivity contribution in [3.05, 3.63) is 81.8 Å². The molecular weight excluding hydrogens is 485 g/mol. The minimum Gasteiger partial charge on any atom is -0.503 e. The molecule has 0 saturated heterocycles. The number of carbonyl (C=O) groups is 1. The smallest absolute Gasteiger partial charge is 0.339 e. The average Bonchev–Trinajstić information content (AvgIpc) is 2.70. The number of carboxylic acids is 1. The Kier molecular flexibility index (Phi) is 6.71. The predicted molar refractivity (Wildman–Crippen MR) is 117 cm³/mol. The third kappa shape index (κ3) is 5.05. The van der Waals surface area contributed by atoms with Crippen LogP contribution in [0.2, 0.25) is 0 Å². The number of carboxylic acid groups (broad SMARTS) is 1. The van der Waals surface area contributed by atoms with Crippen LogP contribution in [0.4, 0.5) is 0 Å². The second-order valence-corrected chi connectivity index (χ2v) is 7.16. The molecule has 0 spiro atoms. The number of aromatic nitrogens is 1. The molecule has 1 aromatic heterocycles. The maximum atomic E-state index is 11.7. The van der Waals surface area contributed by atoms with Crippen LogP contribution in [0.25, 0.3) is 5.57 Å². The molecule has 0 unspecified atom stereocenters. The Hall–Kier alpha value is -3.07. The summed E-state index contributed by atoms with van der Waals surface area (Å²) < 4.78 is 17.7. The molecule has 0 aliphatic heterocycles. The predicted octanol–water partition coefficient (Wildman–Crippen LogP) is 5.65. The highest BCUT2D eigenvalue weighted by atomic mass is 127. The highest BCUT2D eigenvalue weighted by Gasteiger charge is 2.18. The monoisotopic (exact) mass is 503 g/mol. The summed E-state index contributed by atoms with van der Waals surface area (Å²) in [6, 6.07) is 16.1. The molecule has 3 aromatic rings. The van der Waals surface area contributed by atoms with Crippen molar-refractivity contribution in [3.63, 3.8) is 0 Å². The summed E-state index contributed by atoms with van der Waals surface area (Å²) >= 11 is 2.15. The van der Waals surface area contributed by atoms with Crippen LogP contribution in [-0.2, 0) is 9.53 Å². The standard InChI is InChI=1S/C22H18INO5/c1-14-6-3-9-17(18(13-27-2)22(25)26)20(14)28-15-7-4-8-16(12-15)29-21-19(23)10-5-11-24-21/h3-13H,1-2H3,(H,25,26)/b18-13+. The van der Waals surface area contributed by atoms with Gasteiger partial charge >= 0.3 is 5.97 Å². The van der Waals surface area contributed by atoms with Gasteiger partial charge in [-0.25, -0.2) is 9.78 Å². The van der Waals surface area contributed by atoms with Gasteiger partial charge < -0.3 is 19.3 Å². The quantitative estimate of drug-likeness (QED) is 0.255. The summed E-state index contributed by atoms with van der Waals surface area (Å²) in [4.78, 5) is 15.9. The summed E-state index contributed by atoms with van der Waals surface area (Å²) in [6.45, 7) is 1.85. The Morgan fingerprint density at radius 3 is 2.48 bits per heavy atom. The minimum absolute atomic E-state index is 0.00152. The molecule has 29 heavy (non-hydrogen) atoms. The van der Waals surface area contributed by atoms with Gasteiger partial charge in [0, 0.05) is 17.8 Å². The van der Waals surface area contributed by atoms with Gasteiger partial charge in [0.1, 0.15) is 22.8 Å². The number of hydrogen-bond donors (Lipinski definition) is 1. The van der Waals surface area contributed by atoms with E-state index in [1.165, 1.54) is 13.4 Å². The van der Waals surface area contributed by atoms with E-state index in [4.69, 9.17) is 14.2 Å². The molecule has 0 radical (unpaired) electrons. The van der Waals surface area contributed by atoms with E-state index in [1.807, 2.05) is 25.1 Å². The van der Waals surface area contributed by atoms with Crippen LogP contribution < -0.4 is 9.47 Å². The van der Waals surface area contributed by atoms with Crippen molar-refractivity contribution < 1.29 is 24.1 Å². The number of aryl methyl sites for hydroxylation is 1. The first-order chi connectivity index (χ1) is 14.0. The number of para-hydroxylation sites is 1. The number of methoxy groups -OCH3 is 1. The first kappa shape index (κ1) is 20.7. The molecule has 7 heteroatoms. The fourth-order valence-electron chi connectivity index (χ4n) is 2.62. The van der Waals surface area contributed by atoms with Gasteiger partial charge in [0.25, 0.3) is 0 Å². The molecule has 0 amide bonds. The minimum atomic E-state index is -1.11. The highest BCUT2D eigenvalue weighted by Crippen LogP contribution is 2.35. The molecule has 0 bridgehead atoms. The zero-order valence-electron chi connectivity index (χ0n) is 15.8. The second kappa shape index (κ2) is 9.42. The Balaban J connectivity index is 1.94. The van der Waals surface area contributed by atoms with Gasteiger partial charge in [-0.3, -0.25) is 0 Å². The summed E-state index contributed by atoms with van der Waals surface area (Å²) in [5.41, 5.74) is 1.21. The molecule has 6 nitrogen and oxygen atoms in total. The van der Waals surface area contributed by atoms with Crippen molar-refractivity contribution in [1.82, 2.24) is 4.98 Å². The van der Waals surface area contributed by atoms with Gasteiger partial charge in [0.2, 0.25) is 5.88 Å². The zero-order chi connectivity index (χ0) is 20.8. The first-order valence-corrected chi connectivity index (χ1v) is 9.70. The summed E-state index contributed by atoms with van der Waals surface area (Å²) in [7, 11) is 1.40. The van der Waals surface area contributed by atoms with E-state index in [0.717, 1.165) is 9.13 Å². The maximum absolute atomic E-state index is 11.7. The number of nitrogens with zero attached hydrogens (tertiary/aromatic N) is 1. The van der Waals surface area contributed by atoms with E-state index in [1.54, 1.807) is 42.6 Å². The number of halogens is 1. The van der Waals surface area contributed by atoms with Crippen LogP contribution in [0.1, 0.15) is 11.1 Å². The molecule has 0 saturated carbocycles. The highest BCUT2D eigenvalue weighted by molar-refractivity contribution is 14.1. The van der Waals surface area contributed by atoms with E-state index in [-0.39, 0.29) is 5.57 Å². The van der Waals surface area contributed by atoms with Crippen LogP contribution in [0.5, 0.6) is 23.1 Å². The number of rotatable bonds is 7. The first-order valence-electron chi connectivity index (χ1n) is 8.62. The van der Waals surface area contributed by atoms with Gasteiger partial charge in [-0.15, -0.1) is 0 Å². The number of pyridine rings is 1. The third-order valence-corrected chi connectivity index (χ3v) is 4.75. The summed E-state index contributed by atoms with van der Waals surface area (Å²) in [5, 5.41) is 9.54. The Bertz CT molecular complexity index is 1060. The Morgan fingerprint density at radius 1 is 1.07 bits per heavy atom. The van der Waals surface area contributed by atoms with E-state index in [9.17, 15) is 9.90 Å². The topological polar surface area (TPSA) is 77.9 Å². The molecule has 148 valence electrons. The van der Waals surface area contributed by atoms with Crippen LogP contribution in [0.3, 0.4) is 0 Å². The van der Waals surface area contributed by atoms with Gasteiger partial charge in [-0.1, -0.05) is 24.3 Å². The second-order valence-electron chi connectivity index (χ2n) is 5.99. The maximum Gasteiger partial charge on any atom is 0.339 e. The normalized spacial score (nSPS) is 11.1. The summed E-state index contributed by atoms with van der Waals surface area (Å²) in [5.74, 6) is 0.885. The zero-order valence-corrected chi connectivity index (χ0v) is 17.9. The number of aliphatic carboxylic acids is 1. The number of ether oxygens (including phenoxy) is 3. The van der Waals surface area contributed by atoms with E-state index >= 15 is 0 Å². The summed E-state index contributed by atoms with van der Waals surface area (Å²) in [6.07, 6.45) is 2.85. The van der Waals surface area contributed by atoms with Crippen molar-refractivity contribution in [2.75, 3.05) is 7.11 Å². The SMILES string of the molecule is CO/C=C(/C(=O)O)c1cccc(C)c1Oc1cccc(Oc2ncccc2I)c1.